The smallest absolute Gasteiger partial charge is 0.151 e. The van der Waals surface area contributed by atoms with Crippen LogP contribution in [0.15, 0.2) is 4.60 Å². The van der Waals surface area contributed by atoms with Crippen LogP contribution >= 0.6 is 15.9 Å². The van der Waals surface area contributed by atoms with Crippen LogP contribution in [0.5, 0.6) is 0 Å². The van der Waals surface area contributed by atoms with E-state index < -0.39 is 0 Å². The Bertz CT molecular complexity index is 270. The van der Waals surface area contributed by atoms with Gasteiger partial charge in [0.25, 0.3) is 0 Å². The van der Waals surface area contributed by atoms with E-state index in [1.807, 2.05) is 4.68 Å². The van der Waals surface area contributed by atoms with E-state index in [1.165, 1.54) is 31.4 Å². The molecule has 3 nitrogen and oxygen atoms in total. The molecule has 1 aromatic rings. The van der Waals surface area contributed by atoms with Crippen molar-refractivity contribution in [1.29, 1.82) is 0 Å². The first-order valence-electron chi connectivity index (χ1n) is 5.37. The first-order chi connectivity index (χ1) is 6.79. The summed E-state index contributed by atoms with van der Waals surface area (Å²) >= 11 is 3.41. The minimum Gasteiger partial charge on any atom is -0.248 e. The summed E-state index contributed by atoms with van der Waals surface area (Å²) in [4.78, 5) is 0. The van der Waals surface area contributed by atoms with Gasteiger partial charge in [-0.25, -0.2) is 4.68 Å². The Morgan fingerprint density at radius 3 is 2.64 bits per heavy atom. The van der Waals surface area contributed by atoms with E-state index in [0.717, 1.165) is 17.6 Å². The number of hydrogen-bond acceptors (Lipinski definition) is 2. The highest BCUT2D eigenvalue weighted by Gasteiger charge is 2.07. The molecule has 0 atom stereocenters. The van der Waals surface area contributed by atoms with Crippen molar-refractivity contribution >= 4 is 15.9 Å². The van der Waals surface area contributed by atoms with Gasteiger partial charge in [0.2, 0.25) is 0 Å². The van der Waals surface area contributed by atoms with Crippen LogP contribution < -0.4 is 0 Å². The highest BCUT2D eigenvalue weighted by Crippen LogP contribution is 2.14. The maximum atomic E-state index is 4.10. The fourth-order valence-electron chi connectivity index (χ4n) is 1.51. The van der Waals surface area contributed by atoms with Crippen molar-refractivity contribution in [2.45, 2.75) is 52.5 Å². The molecule has 0 aromatic carbocycles. The third-order valence-electron chi connectivity index (χ3n) is 2.35. The molecule has 0 spiro atoms. The van der Waals surface area contributed by atoms with Crippen LogP contribution in [0.2, 0.25) is 0 Å². The van der Waals surface area contributed by atoms with Gasteiger partial charge in [-0.15, -0.1) is 5.10 Å². The Balaban J connectivity index is 2.42. The average Bonchev–Trinajstić information content (AvgIpc) is 2.54. The van der Waals surface area contributed by atoms with E-state index in [0.29, 0.717) is 0 Å². The zero-order chi connectivity index (χ0) is 10.4. The summed E-state index contributed by atoms with van der Waals surface area (Å²) < 4.78 is 2.91. The molecule has 14 heavy (non-hydrogen) atoms. The molecule has 1 rings (SSSR count). The second kappa shape index (κ2) is 6.17. The molecule has 0 saturated carbocycles. The van der Waals surface area contributed by atoms with Crippen LogP contribution in [-0.2, 0) is 13.0 Å². The summed E-state index contributed by atoms with van der Waals surface area (Å²) in [7, 11) is 0. The van der Waals surface area contributed by atoms with Gasteiger partial charge < -0.3 is 0 Å². The lowest BCUT2D eigenvalue weighted by Gasteiger charge is -2.03. The molecule has 0 N–H and O–H groups in total. The molecular weight excluding hydrogens is 242 g/mol. The molecule has 0 radical (unpaired) electrons. The van der Waals surface area contributed by atoms with Crippen molar-refractivity contribution < 1.29 is 0 Å². The van der Waals surface area contributed by atoms with Crippen molar-refractivity contribution in [1.82, 2.24) is 15.0 Å². The van der Waals surface area contributed by atoms with E-state index in [-0.39, 0.29) is 0 Å². The van der Waals surface area contributed by atoms with Crippen LogP contribution in [0.3, 0.4) is 0 Å². The van der Waals surface area contributed by atoms with Crippen LogP contribution in [0.4, 0.5) is 0 Å². The maximum absolute atomic E-state index is 4.10. The lowest BCUT2D eigenvalue weighted by atomic mass is 10.2. The van der Waals surface area contributed by atoms with Gasteiger partial charge >= 0.3 is 0 Å². The van der Waals surface area contributed by atoms with E-state index in [2.05, 4.69) is 40.1 Å². The minimum absolute atomic E-state index is 0.899. The number of nitrogens with zero attached hydrogens (tertiary/aromatic N) is 3. The largest absolute Gasteiger partial charge is 0.248 e. The molecule has 0 amide bonds. The van der Waals surface area contributed by atoms with Crippen LogP contribution in [0.1, 0.15) is 45.2 Å². The summed E-state index contributed by atoms with van der Waals surface area (Å²) in [5.74, 6) is 0. The predicted octanol–water partition coefficient (Wildman–Crippen LogP) is 3.18. The molecule has 0 unspecified atom stereocenters. The standard InChI is InChI=1S/C10H18BrN3/c1-3-5-6-7-8-14-9(4-2)10(11)12-13-14/h3-8H2,1-2H3. The van der Waals surface area contributed by atoms with E-state index in [4.69, 9.17) is 0 Å². The number of unbranched alkanes of at least 4 members (excludes halogenated alkanes) is 3. The molecule has 80 valence electrons. The van der Waals surface area contributed by atoms with Crippen molar-refractivity contribution in [3.05, 3.63) is 10.3 Å². The minimum atomic E-state index is 0.899. The maximum Gasteiger partial charge on any atom is 0.151 e. The summed E-state index contributed by atoms with van der Waals surface area (Å²) in [6.07, 6.45) is 6.08. The van der Waals surface area contributed by atoms with E-state index in [1.54, 1.807) is 0 Å². The molecule has 0 bridgehead atoms. The zero-order valence-electron chi connectivity index (χ0n) is 8.96. The lowest BCUT2D eigenvalue weighted by Crippen LogP contribution is -2.04. The number of hydrogen-bond donors (Lipinski definition) is 0. The third kappa shape index (κ3) is 3.08. The van der Waals surface area contributed by atoms with Crippen LogP contribution in [-0.4, -0.2) is 15.0 Å². The Morgan fingerprint density at radius 2 is 2.00 bits per heavy atom. The molecule has 1 aromatic heterocycles. The molecule has 0 saturated heterocycles. The molecule has 0 fully saturated rings. The van der Waals surface area contributed by atoms with Gasteiger partial charge in [-0.3, -0.25) is 0 Å². The van der Waals surface area contributed by atoms with Crippen molar-refractivity contribution in [3.63, 3.8) is 0 Å². The molecule has 0 aliphatic rings. The number of aromatic nitrogens is 3. The predicted molar refractivity (Wildman–Crippen MR) is 61.2 cm³/mol. The Labute approximate surface area is 94.0 Å². The highest BCUT2D eigenvalue weighted by atomic mass is 79.9. The first kappa shape index (κ1) is 11.7. The monoisotopic (exact) mass is 259 g/mol. The number of halogens is 1. The van der Waals surface area contributed by atoms with Crippen LogP contribution in [0.25, 0.3) is 0 Å². The van der Waals surface area contributed by atoms with Gasteiger partial charge in [0.05, 0.1) is 5.69 Å². The lowest BCUT2D eigenvalue weighted by molar-refractivity contribution is 0.513. The second-order valence-corrected chi connectivity index (χ2v) is 4.22. The van der Waals surface area contributed by atoms with E-state index in [9.17, 15) is 0 Å². The van der Waals surface area contributed by atoms with Crippen molar-refractivity contribution in [3.8, 4) is 0 Å². The number of aryl methyl sites for hydroxylation is 1. The zero-order valence-corrected chi connectivity index (χ0v) is 10.5. The number of rotatable bonds is 6. The molecule has 0 aliphatic heterocycles. The van der Waals surface area contributed by atoms with Gasteiger partial charge in [0.15, 0.2) is 4.60 Å². The van der Waals surface area contributed by atoms with Crippen LogP contribution in [0, 0.1) is 0 Å². The second-order valence-electron chi connectivity index (χ2n) is 3.46. The molecule has 4 heteroatoms. The Morgan fingerprint density at radius 1 is 1.21 bits per heavy atom. The fraction of sp³-hybridized carbons (Fsp3) is 0.800. The molecule has 1 heterocycles. The van der Waals surface area contributed by atoms with Gasteiger partial charge in [-0.1, -0.05) is 38.3 Å². The van der Waals surface area contributed by atoms with Gasteiger partial charge in [-0.2, -0.15) is 0 Å². The third-order valence-corrected chi connectivity index (χ3v) is 2.96. The van der Waals surface area contributed by atoms with Crippen molar-refractivity contribution in [2.24, 2.45) is 0 Å². The molecule has 0 aliphatic carbocycles. The van der Waals surface area contributed by atoms with Crippen molar-refractivity contribution in [2.75, 3.05) is 0 Å². The van der Waals surface area contributed by atoms with Gasteiger partial charge in [-0.05, 0) is 28.8 Å². The first-order valence-corrected chi connectivity index (χ1v) is 6.16. The Kier molecular flexibility index (Phi) is 5.15. The fourth-order valence-corrected chi connectivity index (χ4v) is 2.06. The Hall–Kier alpha value is -0.380. The summed E-state index contributed by atoms with van der Waals surface area (Å²) in [5.41, 5.74) is 1.21. The van der Waals surface area contributed by atoms with Gasteiger partial charge in [0, 0.05) is 6.54 Å². The average molecular weight is 260 g/mol. The SMILES string of the molecule is CCCCCCn1nnc(Br)c1CC. The summed E-state index contributed by atoms with van der Waals surface area (Å²) in [6, 6.07) is 0. The quantitative estimate of drug-likeness (QED) is 0.735. The summed E-state index contributed by atoms with van der Waals surface area (Å²) in [5, 5.41) is 8.12. The summed E-state index contributed by atoms with van der Waals surface area (Å²) in [6.45, 7) is 5.36. The van der Waals surface area contributed by atoms with Gasteiger partial charge in [0.1, 0.15) is 0 Å². The molecular formula is C10H18BrN3. The highest BCUT2D eigenvalue weighted by molar-refractivity contribution is 9.10. The van der Waals surface area contributed by atoms with E-state index >= 15 is 0 Å². The normalized spacial score (nSPS) is 10.8. The topological polar surface area (TPSA) is 30.7 Å².